The molecule has 2 amide bonds. The van der Waals surface area contributed by atoms with Crippen molar-refractivity contribution in [2.24, 2.45) is 0 Å². The number of carbonyl (C=O) groups excluding carboxylic acids is 2. The van der Waals surface area contributed by atoms with E-state index in [0.29, 0.717) is 30.8 Å². The lowest BCUT2D eigenvalue weighted by atomic mass is 9.76. The molecule has 1 fully saturated rings. The average molecular weight is 553 g/mol. The number of benzene rings is 3. The minimum Gasteiger partial charge on any atom is -0.489 e. The first-order valence-electron chi connectivity index (χ1n) is 14.0. The highest BCUT2D eigenvalue weighted by Crippen LogP contribution is 2.32. The van der Waals surface area contributed by atoms with Gasteiger partial charge in [0.05, 0.1) is 11.9 Å². The molecule has 1 heterocycles. The Morgan fingerprint density at radius 2 is 1.68 bits per heavy atom. The predicted octanol–water partition coefficient (Wildman–Crippen LogP) is 5.22. The smallest absolute Gasteiger partial charge is 0.251 e. The van der Waals surface area contributed by atoms with Crippen LogP contribution in [0.5, 0.6) is 5.75 Å². The summed E-state index contributed by atoms with van der Waals surface area (Å²) in [6.45, 7) is 3.12. The van der Waals surface area contributed by atoms with E-state index in [1.165, 1.54) is 5.56 Å². The van der Waals surface area contributed by atoms with E-state index in [1.54, 1.807) is 29.7 Å². The van der Waals surface area contributed by atoms with E-state index >= 15 is 0 Å². The van der Waals surface area contributed by atoms with Crippen LogP contribution in [0.15, 0.2) is 84.9 Å². The quantitative estimate of drug-likeness (QED) is 0.159. The molecule has 3 aromatic carbocycles. The Balaban J connectivity index is 1.20. The van der Waals surface area contributed by atoms with Crippen molar-refractivity contribution in [1.29, 1.82) is 0 Å². The number of nitrogens with zero attached hydrogens (tertiary/aromatic N) is 1. The molecule has 1 saturated carbocycles. The summed E-state index contributed by atoms with van der Waals surface area (Å²) < 4.78 is 6.05. The Bertz CT molecular complexity index is 1480. The van der Waals surface area contributed by atoms with Gasteiger partial charge in [-0.2, -0.15) is 0 Å². The first-order valence-corrected chi connectivity index (χ1v) is 14.0. The first-order chi connectivity index (χ1) is 19.9. The van der Waals surface area contributed by atoms with Gasteiger partial charge < -0.3 is 15.4 Å². The van der Waals surface area contributed by atoms with Crippen molar-refractivity contribution in [1.82, 2.24) is 21.1 Å². The summed E-state index contributed by atoms with van der Waals surface area (Å²) in [7, 11) is 0. The molecule has 0 saturated heterocycles. The number of aryl methyl sites for hydroxylation is 1. The third-order valence-electron chi connectivity index (χ3n) is 7.82. The second-order valence-electron chi connectivity index (χ2n) is 10.8. The number of hydroxylamine groups is 1. The molecule has 0 unspecified atom stereocenters. The molecule has 212 valence electrons. The van der Waals surface area contributed by atoms with Crippen LogP contribution in [0, 0.1) is 6.92 Å². The summed E-state index contributed by atoms with van der Waals surface area (Å²) in [4.78, 5) is 30.1. The average Bonchev–Trinajstić information content (AvgIpc) is 3.00. The molecule has 1 aliphatic rings. The van der Waals surface area contributed by atoms with Crippen molar-refractivity contribution >= 4 is 22.7 Å². The number of para-hydroxylation sites is 1. The van der Waals surface area contributed by atoms with Crippen LogP contribution in [0.2, 0.25) is 0 Å². The van der Waals surface area contributed by atoms with Gasteiger partial charge in [-0.3, -0.25) is 19.8 Å². The number of rotatable bonds is 10. The van der Waals surface area contributed by atoms with Crippen LogP contribution in [0.3, 0.4) is 0 Å². The van der Waals surface area contributed by atoms with E-state index in [0.717, 1.165) is 41.5 Å². The van der Waals surface area contributed by atoms with Gasteiger partial charge >= 0.3 is 0 Å². The molecular weight excluding hydrogens is 516 g/mol. The standard InChI is InChI=1S/C33H36N4O4/c1-23-19-26(29-9-5-6-10-30(29)35-23)22-41-28-13-11-25(12-14-28)32(39)36-33(20-31(38)37-40)17-15-27(16-18-33)34-21-24-7-3-2-4-8-24/h2-14,19,27,34,40H,15-18,20-22H2,1H3,(H,36,39)(H,37,38)/t27-,33-. The molecule has 0 radical (unpaired) electrons. The Morgan fingerprint density at radius 1 is 0.976 bits per heavy atom. The Morgan fingerprint density at radius 3 is 2.41 bits per heavy atom. The van der Waals surface area contributed by atoms with Crippen molar-refractivity contribution < 1.29 is 19.5 Å². The minimum absolute atomic E-state index is 0.0150. The van der Waals surface area contributed by atoms with Crippen molar-refractivity contribution in [2.75, 3.05) is 0 Å². The second-order valence-corrected chi connectivity index (χ2v) is 10.8. The lowest BCUT2D eigenvalue weighted by molar-refractivity contribution is -0.131. The monoisotopic (exact) mass is 552 g/mol. The highest BCUT2D eigenvalue weighted by Gasteiger charge is 2.38. The zero-order valence-corrected chi connectivity index (χ0v) is 23.2. The van der Waals surface area contributed by atoms with Gasteiger partial charge in [-0.05, 0) is 74.6 Å². The van der Waals surface area contributed by atoms with Gasteiger partial charge in [-0.15, -0.1) is 0 Å². The van der Waals surface area contributed by atoms with Gasteiger partial charge in [0.25, 0.3) is 5.91 Å². The van der Waals surface area contributed by atoms with Crippen molar-refractivity contribution in [3.63, 3.8) is 0 Å². The van der Waals surface area contributed by atoms with Crippen LogP contribution >= 0.6 is 0 Å². The lowest BCUT2D eigenvalue weighted by Gasteiger charge is -2.40. The maximum absolute atomic E-state index is 13.3. The summed E-state index contributed by atoms with van der Waals surface area (Å²) >= 11 is 0. The molecule has 0 atom stereocenters. The summed E-state index contributed by atoms with van der Waals surface area (Å²) in [6.07, 6.45) is 2.88. The molecule has 8 heteroatoms. The number of fused-ring (bicyclic) bond motifs is 1. The summed E-state index contributed by atoms with van der Waals surface area (Å²) in [5.41, 5.74) is 5.61. The van der Waals surface area contributed by atoms with Crippen LogP contribution in [-0.2, 0) is 17.9 Å². The van der Waals surface area contributed by atoms with Gasteiger partial charge in [0.2, 0.25) is 5.91 Å². The predicted molar refractivity (Wildman–Crippen MR) is 158 cm³/mol. The largest absolute Gasteiger partial charge is 0.489 e. The van der Waals surface area contributed by atoms with Crippen LogP contribution in [-0.4, -0.2) is 33.6 Å². The maximum atomic E-state index is 13.3. The van der Waals surface area contributed by atoms with E-state index in [2.05, 4.69) is 27.8 Å². The number of ether oxygens (including phenoxy) is 1. The number of pyridine rings is 1. The lowest BCUT2D eigenvalue weighted by Crippen LogP contribution is -2.54. The Kier molecular flexibility index (Phi) is 8.91. The van der Waals surface area contributed by atoms with Gasteiger partial charge in [0.15, 0.2) is 0 Å². The van der Waals surface area contributed by atoms with E-state index in [9.17, 15) is 14.8 Å². The van der Waals surface area contributed by atoms with Crippen molar-refractivity contribution in [2.45, 2.75) is 63.8 Å². The summed E-state index contributed by atoms with van der Waals surface area (Å²) in [6, 6.07) is 27.5. The van der Waals surface area contributed by atoms with Gasteiger partial charge in [0, 0.05) is 40.3 Å². The SMILES string of the molecule is Cc1cc(COc2ccc(C(=O)N[C@]3(CC(=O)NO)CC[C@@H](NCc4ccccc4)CC3)cc2)c2ccccc2n1. The van der Waals surface area contributed by atoms with Crippen LogP contribution in [0.1, 0.15) is 59.3 Å². The third-order valence-corrected chi connectivity index (χ3v) is 7.82. The summed E-state index contributed by atoms with van der Waals surface area (Å²) in [5, 5.41) is 17.0. The van der Waals surface area contributed by atoms with E-state index in [1.807, 2.05) is 55.5 Å². The van der Waals surface area contributed by atoms with Crippen LogP contribution in [0.4, 0.5) is 0 Å². The van der Waals surface area contributed by atoms with Crippen molar-refractivity contribution in [3.05, 3.63) is 107 Å². The zero-order valence-electron chi connectivity index (χ0n) is 23.2. The highest BCUT2D eigenvalue weighted by atomic mass is 16.5. The number of aromatic nitrogens is 1. The highest BCUT2D eigenvalue weighted by molar-refractivity contribution is 5.95. The van der Waals surface area contributed by atoms with Gasteiger partial charge in [-0.1, -0.05) is 48.5 Å². The van der Waals surface area contributed by atoms with Gasteiger partial charge in [0.1, 0.15) is 12.4 Å². The number of amides is 2. The van der Waals surface area contributed by atoms with Crippen LogP contribution < -0.4 is 20.9 Å². The number of hydrogen-bond acceptors (Lipinski definition) is 6. The van der Waals surface area contributed by atoms with E-state index in [4.69, 9.17) is 4.74 Å². The molecule has 4 aromatic rings. The fourth-order valence-corrected chi connectivity index (χ4v) is 5.62. The van der Waals surface area contributed by atoms with Crippen molar-refractivity contribution in [3.8, 4) is 5.75 Å². The summed E-state index contributed by atoms with van der Waals surface area (Å²) in [5.74, 6) is -0.114. The van der Waals surface area contributed by atoms with Gasteiger partial charge in [-0.25, -0.2) is 5.48 Å². The fourth-order valence-electron chi connectivity index (χ4n) is 5.62. The van der Waals surface area contributed by atoms with Crippen LogP contribution in [0.25, 0.3) is 10.9 Å². The normalized spacial score (nSPS) is 18.5. The molecular formula is C33H36N4O4. The van der Waals surface area contributed by atoms with E-state index in [-0.39, 0.29) is 18.4 Å². The molecule has 0 aliphatic heterocycles. The fraction of sp³-hybridized carbons (Fsp3) is 0.303. The number of nitrogens with one attached hydrogen (secondary N) is 3. The Labute approximate surface area is 240 Å². The number of carbonyl (C=O) groups is 2. The molecule has 1 aliphatic carbocycles. The molecule has 41 heavy (non-hydrogen) atoms. The zero-order chi connectivity index (χ0) is 28.7. The first kappa shape index (κ1) is 28.3. The second kappa shape index (κ2) is 12.9. The molecule has 5 rings (SSSR count). The molecule has 8 nitrogen and oxygen atoms in total. The third kappa shape index (κ3) is 7.28. The minimum atomic E-state index is -0.732. The molecule has 1 aromatic heterocycles. The number of hydrogen-bond donors (Lipinski definition) is 4. The Hall–Kier alpha value is -4.27. The van der Waals surface area contributed by atoms with E-state index < -0.39 is 11.4 Å². The maximum Gasteiger partial charge on any atom is 0.251 e. The molecule has 4 N–H and O–H groups in total. The topological polar surface area (TPSA) is 113 Å². The molecule has 0 bridgehead atoms. The molecule has 0 spiro atoms.